The lowest BCUT2D eigenvalue weighted by atomic mass is 10.1. The Bertz CT molecular complexity index is 517. The Morgan fingerprint density at radius 1 is 1.18 bits per heavy atom. The van der Waals surface area contributed by atoms with E-state index in [1.807, 2.05) is 26.0 Å². The molecule has 1 heterocycles. The van der Waals surface area contributed by atoms with Crippen LogP contribution in [0.15, 0.2) is 36.5 Å². The van der Waals surface area contributed by atoms with Gasteiger partial charge in [-0.2, -0.15) is 5.10 Å². The van der Waals surface area contributed by atoms with Gasteiger partial charge in [0.2, 0.25) is 0 Å². The first-order valence-electron chi connectivity index (χ1n) is 5.32. The van der Waals surface area contributed by atoms with Crippen molar-refractivity contribution < 1.29 is 4.79 Å². The van der Waals surface area contributed by atoms with Crippen LogP contribution >= 0.6 is 0 Å². The molecular weight excluding hydrogens is 214 g/mol. The van der Waals surface area contributed by atoms with E-state index in [1.165, 1.54) is 6.20 Å². The van der Waals surface area contributed by atoms with Gasteiger partial charge < -0.3 is 5.32 Å². The molecule has 0 unspecified atom stereocenters. The van der Waals surface area contributed by atoms with E-state index in [0.717, 1.165) is 16.8 Å². The van der Waals surface area contributed by atoms with Crippen LogP contribution in [-0.4, -0.2) is 16.1 Å². The predicted molar refractivity (Wildman–Crippen MR) is 65.9 cm³/mol. The smallest absolute Gasteiger partial charge is 0.276 e. The van der Waals surface area contributed by atoms with Crippen LogP contribution < -0.4 is 5.32 Å². The van der Waals surface area contributed by atoms with E-state index >= 15 is 0 Å². The molecule has 1 aromatic heterocycles. The SMILES string of the molecule is Cc1cc(C)cc(NC(=O)c2cccnn2)c1. The van der Waals surface area contributed by atoms with E-state index < -0.39 is 0 Å². The van der Waals surface area contributed by atoms with Crippen LogP contribution in [0.3, 0.4) is 0 Å². The number of carbonyl (C=O) groups is 1. The fourth-order valence-electron chi connectivity index (χ4n) is 1.66. The van der Waals surface area contributed by atoms with Crippen LogP contribution in [0.25, 0.3) is 0 Å². The van der Waals surface area contributed by atoms with Gasteiger partial charge in [0.1, 0.15) is 0 Å². The fraction of sp³-hybridized carbons (Fsp3) is 0.154. The number of nitrogens with zero attached hydrogens (tertiary/aromatic N) is 2. The third-order valence-electron chi connectivity index (χ3n) is 2.28. The summed E-state index contributed by atoms with van der Waals surface area (Å²) in [6.07, 6.45) is 1.54. The first kappa shape index (κ1) is 11.3. The van der Waals surface area contributed by atoms with E-state index in [4.69, 9.17) is 0 Å². The molecule has 0 aliphatic carbocycles. The van der Waals surface area contributed by atoms with Crippen molar-refractivity contribution in [3.05, 3.63) is 53.3 Å². The molecule has 1 N–H and O–H groups in total. The van der Waals surface area contributed by atoms with Crippen LogP contribution in [0.1, 0.15) is 21.6 Å². The van der Waals surface area contributed by atoms with Gasteiger partial charge in [0.05, 0.1) is 0 Å². The summed E-state index contributed by atoms with van der Waals surface area (Å²) in [5.41, 5.74) is 3.31. The highest BCUT2D eigenvalue weighted by atomic mass is 16.1. The maximum atomic E-state index is 11.8. The lowest BCUT2D eigenvalue weighted by molar-refractivity contribution is 0.102. The molecule has 0 fully saturated rings. The van der Waals surface area contributed by atoms with Crippen LogP contribution in [0, 0.1) is 13.8 Å². The minimum absolute atomic E-state index is 0.247. The monoisotopic (exact) mass is 227 g/mol. The number of benzene rings is 1. The number of anilines is 1. The molecule has 1 aromatic carbocycles. The summed E-state index contributed by atoms with van der Waals surface area (Å²) in [6, 6.07) is 9.20. The van der Waals surface area contributed by atoms with E-state index in [-0.39, 0.29) is 5.91 Å². The Balaban J connectivity index is 2.19. The highest BCUT2D eigenvalue weighted by Gasteiger charge is 2.07. The molecule has 0 spiro atoms. The average molecular weight is 227 g/mol. The standard InChI is InChI=1S/C13H13N3O/c1-9-6-10(2)8-11(7-9)15-13(17)12-4-3-5-14-16-12/h3-8H,1-2H3,(H,15,17). The Labute approximate surface area is 99.7 Å². The third-order valence-corrected chi connectivity index (χ3v) is 2.28. The number of hydrogen-bond donors (Lipinski definition) is 1. The number of rotatable bonds is 2. The highest BCUT2D eigenvalue weighted by Crippen LogP contribution is 2.14. The number of amides is 1. The average Bonchev–Trinajstić information content (AvgIpc) is 2.28. The van der Waals surface area contributed by atoms with E-state index in [1.54, 1.807) is 12.1 Å². The summed E-state index contributed by atoms with van der Waals surface area (Å²) in [5, 5.41) is 10.2. The molecule has 0 saturated carbocycles. The van der Waals surface area contributed by atoms with Gasteiger partial charge in [-0.05, 0) is 49.2 Å². The minimum Gasteiger partial charge on any atom is -0.321 e. The van der Waals surface area contributed by atoms with Crippen LogP contribution in [0.2, 0.25) is 0 Å². The van der Waals surface area contributed by atoms with Gasteiger partial charge >= 0.3 is 0 Å². The summed E-state index contributed by atoms with van der Waals surface area (Å²) in [7, 11) is 0. The van der Waals surface area contributed by atoms with E-state index in [0.29, 0.717) is 5.69 Å². The molecule has 0 saturated heterocycles. The van der Waals surface area contributed by atoms with Gasteiger partial charge in [-0.15, -0.1) is 5.10 Å². The Morgan fingerprint density at radius 3 is 2.47 bits per heavy atom. The fourth-order valence-corrected chi connectivity index (χ4v) is 1.66. The number of carbonyl (C=O) groups excluding carboxylic acids is 1. The van der Waals surface area contributed by atoms with Crippen molar-refractivity contribution in [3.8, 4) is 0 Å². The zero-order valence-corrected chi connectivity index (χ0v) is 9.77. The van der Waals surface area contributed by atoms with Crippen LogP contribution in [-0.2, 0) is 0 Å². The molecule has 0 atom stereocenters. The quantitative estimate of drug-likeness (QED) is 0.856. The molecule has 86 valence electrons. The predicted octanol–water partition coefficient (Wildman–Crippen LogP) is 2.35. The molecule has 2 rings (SSSR count). The minimum atomic E-state index is -0.247. The summed E-state index contributed by atoms with van der Waals surface area (Å²) in [4.78, 5) is 11.8. The normalized spacial score (nSPS) is 10.0. The van der Waals surface area contributed by atoms with Crippen molar-refractivity contribution in [2.45, 2.75) is 13.8 Å². The van der Waals surface area contributed by atoms with Gasteiger partial charge in [-0.1, -0.05) is 6.07 Å². The Morgan fingerprint density at radius 2 is 1.88 bits per heavy atom. The Hall–Kier alpha value is -2.23. The van der Waals surface area contributed by atoms with Gasteiger partial charge in [0.15, 0.2) is 5.69 Å². The van der Waals surface area contributed by atoms with Gasteiger partial charge in [-0.25, -0.2) is 0 Å². The second kappa shape index (κ2) is 4.74. The molecule has 0 aliphatic heterocycles. The lowest BCUT2D eigenvalue weighted by Crippen LogP contribution is -2.14. The molecule has 2 aromatic rings. The number of aromatic nitrogens is 2. The van der Waals surface area contributed by atoms with E-state index in [9.17, 15) is 4.79 Å². The molecular formula is C13H13N3O. The molecule has 0 radical (unpaired) electrons. The lowest BCUT2D eigenvalue weighted by Gasteiger charge is -2.06. The van der Waals surface area contributed by atoms with Crippen molar-refractivity contribution in [2.24, 2.45) is 0 Å². The zero-order chi connectivity index (χ0) is 12.3. The van der Waals surface area contributed by atoms with Crippen molar-refractivity contribution in [3.63, 3.8) is 0 Å². The van der Waals surface area contributed by atoms with Crippen LogP contribution in [0.4, 0.5) is 5.69 Å². The van der Waals surface area contributed by atoms with Gasteiger partial charge in [-0.3, -0.25) is 4.79 Å². The first-order chi connectivity index (χ1) is 8.15. The molecule has 1 amide bonds. The summed E-state index contributed by atoms with van der Waals surface area (Å²) < 4.78 is 0. The maximum Gasteiger partial charge on any atom is 0.276 e. The summed E-state index contributed by atoms with van der Waals surface area (Å²) >= 11 is 0. The molecule has 0 aliphatic rings. The topological polar surface area (TPSA) is 54.9 Å². The molecule has 4 heteroatoms. The Kier molecular flexibility index (Phi) is 3.14. The highest BCUT2D eigenvalue weighted by molar-refractivity contribution is 6.02. The van der Waals surface area contributed by atoms with Crippen molar-refractivity contribution in [2.75, 3.05) is 5.32 Å². The number of nitrogens with one attached hydrogen (secondary N) is 1. The summed E-state index contributed by atoms with van der Waals surface area (Å²) in [5.74, 6) is -0.247. The third kappa shape index (κ3) is 2.87. The zero-order valence-electron chi connectivity index (χ0n) is 9.77. The first-order valence-corrected chi connectivity index (χ1v) is 5.32. The van der Waals surface area contributed by atoms with Gasteiger partial charge in [0.25, 0.3) is 5.91 Å². The second-order valence-corrected chi connectivity index (χ2v) is 3.94. The number of aryl methyl sites for hydroxylation is 2. The van der Waals surface area contributed by atoms with E-state index in [2.05, 4.69) is 21.6 Å². The largest absolute Gasteiger partial charge is 0.321 e. The van der Waals surface area contributed by atoms with Crippen molar-refractivity contribution >= 4 is 11.6 Å². The maximum absolute atomic E-state index is 11.8. The van der Waals surface area contributed by atoms with Gasteiger partial charge in [0, 0.05) is 11.9 Å². The number of hydrogen-bond acceptors (Lipinski definition) is 3. The second-order valence-electron chi connectivity index (χ2n) is 3.94. The van der Waals surface area contributed by atoms with Crippen LogP contribution in [0.5, 0.6) is 0 Å². The molecule has 17 heavy (non-hydrogen) atoms. The molecule has 0 bridgehead atoms. The van der Waals surface area contributed by atoms with Crippen molar-refractivity contribution in [1.82, 2.24) is 10.2 Å². The van der Waals surface area contributed by atoms with Crippen molar-refractivity contribution in [1.29, 1.82) is 0 Å². The molecule has 4 nitrogen and oxygen atoms in total. The summed E-state index contributed by atoms with van der Waals surface area (Å²) in [6.45, 7) is 3.98.